The first kappa shape index (κ1) is 18.3. The Morgan fingerprint density at radius 1 is 1.08 bits per heavy atom. The topological polar surface area (TPSA) is 58.7 Å². The Bertz CT molecular complexity index is 643. The minimum Gasteiger partial charge on any atom is -0.487 e. The van der Waals surface area contributed by atoms with Crippen LogP contribution in [0, 0.1) is 6.92 Å². The summed E-state index contributed by atoms with van der Waals surface area (Å²) in [6, 6.07) is 14.3. The number of nitrogens with zero attached hydrogens (tertiary/aromatic N) is 1. The molecule has 130 valence electrons. The molecule has 0 aliphatic rings. The van der Waals surface area contributed by atoms with Crippen molar-refractivity contribution in [2.24, 2.45) is 0 Å². The smallest absolute Gasteiger partial charge is 0.142 e. The molecular weight excluding hydrogens is 300 g/mol. The maximum Gasteiger partial charge on any atom is 0.142 e. The third-order valence-electron chi connectivity index (χ3n) is 4.04. The fourth-order valence-electron chi connectivity index (χ4n) is 2.68. The van der Waals surface area contributed by atoms with Crippen molar-refractivity contribution in [2.75, 3.05) is 32.5 Å². The molecule has 0 spiro atoms. The van der Waals surface area contributed by atoms with Gasteiger partial charge in [0.05, 0.1) is 12.3 Å². The fourth-order valence-corrected chi connectivity index (χ4v) is 2.68. The van der Waals surface area contributed by atoms with Crippen molar-refractivity contribution in [2.45, 2.75) is 26.4 Å². The van der Waals surface area contributed by atoms with Crippen LogP contribution >= 0.6 is 0 Å². The van der Waals surface area contributed by atoms with Gasteiger partial charge in [-0.2, -0.15) is 0 Å². The Morgan fingerprint density at radius 2 is 1.92 bits per heavy atom. The number of likely N-dealkylation sites (N-methyl/N-ethyl adjacent to an activating group) is 1. The van der Waals surface area contributed by atoms with Gasteiger partial charge in [0.15, 0.2) is 0 Å². The van der Waals surface area contributed by atoms with Crippen molar-refractivity contribution in [1.29, 1.82) is 0 Å². The van der Waals surface area contributed by atoms with Crippen LogP contribution in [0.25, 0.3) is 0 Å². The summed E-state index contributed by atoms with van der Waals surface area (Å²) in [7, 11) is 2.02. The van der Waals surface area contributed by atoms with E-state index in [1.165, 1.54) is 11.1 Å². The summed E-state index contributed by atoms with van der Waals surface area (Å²) in [5.74, 6) is 0.734. The predicted molar refractivity (Wildman–Crippen MR) is 99.3 cm³/mol. The molecule has 0 unspecified atom stereocenters. The van der Waals surface area contributed by atoms with E-state index in [4.69, 9.17) is 15.6 Å². The maximum atomic E-state index is 8.90. The van der Waals surface area contributed by atoms with Crippen LogP contribution in [-0.4, -0.2) is 36.8 Å². The fraction of sp³-hybridized carbons (Fsp3) is 0.400. The lowest BCUT2D eigenvalue weighted by molar-refractivity contribution is 0.220. The molecule has 2 rings (SSSR count). The summed E-state index contributed by atoms with van der Waals surface area (Å²) in [5, 5.41) is 8.90. The third-order valence-corrected chi connectivity index (χ3v) is 4.04. The number of aryl methyl sites for hydroxylation is 2. The molecule has 0 amide bonds. The van der Waals surface area contributed by atoms with Crippen molar-refractivity contribution in [3.8, 4) is 5.75 Å². The molecule has 0 aromatic heterocycles. The van der Waals surface area contributed by atoms with E-state index in [-0.39, 0.29) is 6.61 Å². The number of hydrogen-bond acceptors (Lipinski definition) is 4. The summed E-state index contributed by atoms with van der Waals surface area (Å²) in [6.45, 7) is 4.48. The average molecular weight is 328 g/mol. The summed E-state index contributed by atoms with van der Waals surface area (Å²) in [6.07, 6.45) is 2.01. The van der Waals surface area contributed by atoms with Crippen molar-refractivity contribution < 1.29 is 9.84 Å². The number of ether oxygens (including phenoxy) is 1. The van der Waals surface area contributed by atoms with Gasteiger partial charge >= 0.3 is 0 Å². The third kappa shape index (κ3) is 5.87. The minimum absolute atomic E-state index is 0.205. The van der Waals surface area contributed by atoms with Crippen LogP contribution in [0.15, 0.2) is 42.5 Å². The Balaban J connectivity index is 1.85. The minimum atomic E-state index is 0.205. The molecule has 4 nitrogen and oxygen atoms in total. The molecule has 2 aromatic carbocycles. The van der Waals surface area contributed by atoms with E-state index in [9.17, 15) is 0 Å². The lowest BCUT2D eigenvalue weighted by Crippen LogP contribution is -2.23. The summed E-state index contributed by atoms with van der Waals surface area (Å²) >= 11 is 0. The van der Waals surface area contributed by atoms with E-state index >= 15 is 0 Å². The van der Waals surface area contributed by atoms with E-state index in [2.05, 4.69) is 36.1 Å². The quantitative estimate of drug-likeness (QED) is 0.695. The second-order valence-corrected chi connectivity index (χ2v) is 6.28. The first-order valence-electron chi connectivity index (χ1n) is 8.44. The molecule has 0 aliphatic carbocycles. The number of benzene rings is 2. The van der Waals surface area contributed by atoms with Gasteiger partial charge in [-0.25, -0.2) is 0 Å². The predicted octanol–water partition coefficient (Wildman–Crippen LogP) is 3.01. The lowest BCUT2D eigenvalue weighted by atomic mass is 10.1. The van der Waals surface area contributed by atoms with Crippen molar-refractivity contribution in [3.05, 3.63) is 59.2 Å². The number of hydrogen-bond donors (Lipinski definition) is 2. The van der Waals surface area contributed by atoms with Gasteiger partial charge in [0.1, 0.15) is 12.4 Å². The van der Waals surface area contributed by atoms with E-state index in [0.717, 1.165) is 30.7 Å². The Labute approximate surface area is 144 Å². The van der Waals surface area contributed by atoms with Gasteiger partial charge in [0.25, 0.3) is 0 Å². The molecule has 0 aliphatic heterocycles. The van der Waals surface area contributed by atoms with E-state index < -0.39 is 0 Å². The molecule has 0 atom stereocenters. The zero-order valence-corrected chi connectivity index (χ0v) is 14.7. The molecule has 0 bridgehead atoms. The Hall–Kier alpha value is -2.04. The summed E-state index contributed by atoms with van der Waals surface area (Å²) in [5.41, 5.74) is 10.4. The molecular formula is C20H28N2O2. The second-order valence-electron chi connectivity index (χ2n) is 6.28. The van der Waals surface area contributed by atoms with Crippen LogP contribution in [0.1, 0.15) is 23.1 Å². The van der Waals surface area contributed by atoms with Gasteiger partial charge in [-0.05, 0) is 56.6 Å². The summed E-state index contributed by atoms with van der Waals surface area (Å²) < 4.78 is 5.85. The number of aliphatic hydroxyl groups excluding tert-OH is 1. The highest BCUT2D eigenvalue weighted by atomic mass is 16.5. The second kappa shape index (κ2) is 9.30. The Morgan fingerprint density at radius 3 is 2.62 bits per heavy atom. The first-order valence-corrected chi connectivity index (χ1v) is 8.44. The van der Waals surface area contributed by atoms with E-state index in [1.54, 1.807) is 0 Å². The maximum absolute atomic E-state index is 8.90. The first-order chi connectivity index (χ1) is 11.6. The standard InChI is InChI=1S/C20H28N2O2/c1-16-5-3-6-18(13-16)15-24-20-9-8-17(14-19(20)21)7-4-10-22(2)11-12-23/h3,5-6,8-9,13-14,23H,4,7,10-12,15,21H2,1-2H3. The highest BCUT2D eigenvalue weighted by Crippen LogP contribution is 2.24. The number of anilines is 1. The van der Waals surface area contributed by atoms with Gasteiger partial charge in [-0.15, -0.1) is 0 Å². The van der Waals surface area contributed by atoms with Gasteiger partial charge in [-0.3, -0.25) is 0 Å². The molecule has 0 heterocycles. The monoisotopic (exact) mass is 328 g/mol. The van der Waals surface area contributed by atoms with Gasteiger partial charge in [0, 0.05) is 6.54 Å². The Kier molecular flexibility index (Phi) is 7.09. The number of rotatable bonds is 9. The highest BCUT2D eigenvalue weighted by Gasteiger charge is 2.04. The van der Waals surface area contributed by atoms with Crippen LogP contribution < -0.4 is 10.5 Å². The van der Waals surface area contributed by atoms with E-state index in [0.29, 0.717) is 18.8 Å². The van der Waals surface area contributed by atoms with Crippen LogP contribution in [0.2, 0.25) is 0 Å². The SMILES string of the molecule is Cc1cccc(COc2ccc(CCCN(C)CCO)cc2N)c1. The van der Waals surface area contributed by atoms with Crippen LogP contribution in [0.5, 0.6) is 5.75 Å². The lowest BCUT2D eigenvalue weighted by Gasteiger charge is -2.15. The summed E-state index contributed by atoms with van der Waals surface area (Å²) in [4.78, 5) is 2.13. The molecule has 24 heavy (non-hydrogen) atoms. The molecule has 3 N–H and O–H groups in total. The molecule has 0 fully saturated rings. The number of nitrogens with two attached hydrogens (primary N) is 1. The van der Waals surface area contributed by atoms with Gasteiger partial charge < -0.3 is 20.5 Å². The molecule has 0 saturated carbocycles. The number of aliphatic hydroxyl groups is 1. The molecule has 2 aromatic rings. The van der Waals surface area contributed by atoms with Crippen molar-refractivity contribution in [1.82, 2.24) is 4.90 Å². The average Bonchev–Trinajstić information content (AvgIpc) is 2.54. The molecule has 0 saturated heterocycles. The van der Waals surface area contributed by atoms with Crippen LogP contribution in [0.3, 0.4) is 0 Å². The zero-order valence-electron chi connectivity index (χ0n) is 14.7. The normalized spacial score (nSPS) is 11.0. The van der Waals surface area contributed by atoms with Crippen molar-refractivity contribution >= 4 is 5.69 Å². The largest absolute Gasteiger partial charge is 0.487 e. The zero-order chi connectivity index (χ0) is 17.4. The van der Waals surface area contributed by atoms with Crippen LogP contribution in [0.4, 0.5) is 5.69 Å². The van der Waals surface area contributed by atoms with Gasteiger partial charge in [-0.1, -0.05) is 35.9 Å². The van der Waals surface area contributed by atoms with Crippen LogP contribution in [-0.2, 0) is 13.0 Å². The highest BCUT2D eigenvalue weighted by molar-refractivity contribution is 5.54. The van der Waals surface area contributed by atoms with Gasteiger partial charge in [0.2, 0.25) is 0 Å². The molecule has 4 heteroatoms. The number of nitrogen functional groups attached to an aromatic ring is 1. The van der Waals surface area contributed by atoms with Crippen molar-refractivity contribution in [3.63, 3.8) is 0 Å². The molecule has 0 radical (unpaired) electrons. The van der Waals surface area contributed by atoms with E-state index in [1.807, 2.05) is 25.2 Å².